The number of nitrogens with two attached hydrogens (primary N) is 1. The predicted molar refractivity (Wildman–Crippen MR) is 65.9 cm³/mol. The van der Waals surface area contributed by atoms with E-state index < -0.39 is 6.43 Å². The minimum atomic E-state index is -2.39. The summed E-state index contributed by atoms with van der Waals surface area (Å²) in [5.74, 6) is 0.547. The fourth-order valence-electron chi connectivity index (χ4n) is 1.51. The molecule has 3 nitrogen and oxygen atoms in total. The van der Waals surface area contributed by atoms with Crippen LogP contribution in [-0.2, 0) is 0 Å². The molecule has 96 valence electrons. The van der Waals surface area contributed by atoms with Gasteiger partial charge in [0.25, 0.3) is 6.43 Å². The van der Waals surface area contributed by atoms with Gasteiger partial charge in [0.15, 0.2) is 0 Å². The summed E-state index contributed by atoms with van der Waals surface area (Å²) in [6.07, 6.45) is -1.52. The SMILES string of the molecule is CCCOc1cccc(N(C)CC(F)F)c1N. The molecule has 0 aliphatic heterocycles. The molecule has 0 aliphatic rings. The van der Waals surface area contributed by atoms with Crippen molar-refractivity contribution in [3.8, 4) is 5.75 Å². The third-order valence-electron chi connectivity index (χ3n) is 2.33. The number of para-hydroxylation sites is 1. The number of alkyl halides is 2. The summed E-state index contributed by atoms with van der Waals surface area (Å²) >= 11 is 0. The topological polar surface area (TPSA) is 38.5 Å². The third-order valence-corrected chi connectivity index (χ3v) is 2.33. The van der Waals surface area contributed by atoms with Crippen molar-refractivity contribution in [2.75, 3.05) is 30.8 Å². The zero-order valence-electron chi connectivity index (χ0n) is 10.1. The van der Waals surface area contributed by atoms with E-state index in [2.05, 4.69) is 0 Å². The van der Waals surface area contributed by atoms with E-state index in [0.29, 0.717) is 23.7 Å². The summed E-state index contributed by atoms with van der Waals surface area (Å²) in [5.41, 5.74) is 6.86. The molecule has 1 rings (SSSR count). The van der Waals surface area contributed by atoms with Crippen LogP contribution in [0.2, 0.25) is 0 Å². The number of rotatable bonds is 6. The molecule has 0 aromatic heterocycles. The van der Waals surface area contributed by atoms with E-state index in [1.54, 1.807) is 25.2 Å². The zero-order valence-corrected chi connectivity index (χ0v) is 10.1. The lowest BCUT2D eigenvalue weighted by atomic mass is 10.2. The normalized spacial score (nSPS) is 10.6. The molecule has 0 saturated carbocycles. The average Bonchev–Trinajstić information content (AvgIpc) is 2.26. The van der Waals surface area contributed by atoms with Gasteiger partial charge in [-0.1, -0.05) is 13.0 Å². The van der Waals surface area contributed by atoms with Crippen LogP contribution in [0.1, 0.15) is 13.3 Å². The van der Waals surface area contributed by atoms with Crippen LogP contribution in [0.25, 0.3) is 0 Å². The van der Waals surface area contributed by atoms with Crippen LogP contribution in [0.15, 0.2) is 18.2 Å². The first-order chi connectivity index (χ1) is 8.06. The number of hydrogen-bond acceptors (Lipinski definition) is 3. The quantitative estimate of drug-likeness (QED) is 0.782. The summed E-state index contributed by atoms with van der Waals surface area (Å²) in [6, 6.07) is 5.19. The van der Waals surface area contributed by atoms with Crippen molar-refractivity contribution in [1.82, 2.24) is 0 Å². The van der Waals surface area contributed by atoms with Gasteiger partial charge in [0.2, 0.25) is 0 Å². The second-order valence-electron chi connectivity index (χ2n) is 3.81. The first-order valence-corrected chi connectivity index (χ1v) is 5.56. The molecule has 0 fully saturated rings. The van der Waals surface area contributed by atoms with E-state index in [1.807, 2.05) is 6.92 Å². The molecule has 0 unspecified atom stereocenters. The Hall–Kier alpha value is -1.52. The van der Waals surface area contributed by atoms with Gasteiger partial charge >= 0.3 is 0 Å². The monoisotopic (exact) mass is 244 g/mol. The van der Waals surface area contributed by atoms with Crippen molar-refractivity contribution >= 4 is 11.4 Å². The van der Waals surface area contributed by atoms with Crippen LogP contribution in [0.3, 0.4) is 0 Å². The van der Waals surface area contributed by atoms with Gasteiger partial charge in [0.1, 0.15) is 5.75 Å². The summed E-state index contributed by atoms with van der Waals surface area (Å²) in [7, 11) is 1.58. The molecule has 0 radical (unpaired) electrons. The van der Waals surface area contributed by atoms with Crippen molar-refractivity contribution < 1.29 is 13.5 Å². The second kappa shape index (κ2) is 6.27. The van der Waals surface area contributed by atoms with Gasteiger partial charge in [-0.15, -0.1) is 0 Å². The summed E-state index contributed by atoms with van der Waals surface area (Å²) < 4.78 is 30.0. The van der Waals surface area contributed by atoms with Gasteiger partial charge in [0.05, 0.1) is 24.5 Å². The highest BCUT2D eigenvalue weighted by Crippen LogP contribution is 2.31. The fraction of sp³-hybridized carbons (Fsp3) is 0.500. The molecular formula is C12H18F2N2O. The van der Waals surface area contributed by atoms with Gasteiger partial charge in [-0.25, -0.2) is 8.78 Å². The molecule has 0 saturated heterocycles. The van der Waals surface area contributed by atoms with Gasteiger partial charge in [0, 0.05) is 7.05 Å². The van der Waals surface area contributed by atoms with Crippen molar-refractivity contribution in [3.63, 3.8) is 0 Å². The van der Waals surface area contributed by atoms with Crippen molar-refractivity contribution in [1.29, 1.82) is 0 Å². The van der Waals surface area contributed by atoms with Crippen LogP contribution in [0, 0.1) is 0 Å². The molecule has 2 N–H and O–H groups in total. The maximum Gasteiger partial charge on any atom is 0.255 e. The Morgan fingerprint density at radius 2 is 2.12 bits per heavy atom. The first-order valence-electron chi connectivity index (χ1n) is 5.56. The van der Waals surface area contributed by atoms with Gasteiger partial charge in [-0.05, 0) is 18.6 Å². The zero-order chi connectivity index (χ0) is 12.8. The molecule has 1 aromatic rings. The lowest BCUT2D eigenvalue weighted by Crippen LogP contribution is -2.25. The van der Waals surface area contributed by atoms with Crippen LogP contribution in [0.5, 0.6) is 5.75 Å². The maximum absolute atomic E-state index is 12.3. The molecule has 0 heterocycles. The number of ether oxygens (including phenoxy) is 1. The molecule has 17 heavy (non-hydrogen) atoms. The van der Waals surface area contributed by atoms with Crippen LogP contribution in [-0.4, -0.2) is 26.6 Å². The summed E-state index contributed by atoms with van der Waals surface area (Å²) in [6.45, 7) is 2.20. The number of nitrogens with zero attached hydrogens (tertiary/aromatic N) is 1. The van der Waals surface area contributed by atoms with E-state index in [0.717, 1.165) is 6.42 Å². The second-order valence-corrected chi connectivity index (χ2v) is 3.81. The van der Waals surface area contributed by atoms with E-state index in [4.69, 9.17) is 10.5 Å². The first kappa shape index (κ1) is 13.5. The number of benzene rings is 1. The molecule has 0 aliphatic carbocycles. The molecule has 0 bridgehead atoms. The minimum absolute atomic E-state index is 0.346. The number of nitrogen functional groups attached to an aromatic ring is 1. The Kier molecular flexibility index (Phi) is 5.00. The Labute approximate surface area is 100 Å². The number of hydrogen-bond donors (Lipinski definition) is 1. The van der Waals surface area contributed by atoms with Crippen molar-refractivity contribution in [2.24, 2.45) is 0 Å². The van der Waals surface area contributed by atoms with Gasteiger partial charge in [-0.2, -0.15) is 0 Å². The lowest BCUT2D eigenvalue weighted by Gasteiger charge is -2.22. The lowest BCUT2D eigenvalue weighted by molar-refractivity contribution is 0.156. The third kappa shape index (κ3) is 3.76. The molecule has 0 spiro atoms. The van der Waals surface area contributed by atoms with Crippen LogP contribution < -0.4 is 15.4 Å². The smallest absolute Gasteiger partial charge is 0.255 e. The fourth-order valence-corrected chi connectivity index (χ4v) is 1.51. The van der Waals surface area contributed by atoms with Gasteiger partial charge < -0.3 is 15.4 Å². The highest BCUT2D eigenvalue weighted by Gasteiger charge is 2.13. The molecule has 1 aromatic carbocycles. The van der Waals surface area contributed by atoms with E-state index in [1.165, 1.54) is 4.90 Å². The molecular weight excluding hydrogens is 226 g/mol. The van der Waals surface area contributed by atoms with Crippen LogP contribution in [0.4, 0.5) is 20.2 Å². The molecule has 0 amide bonds. The van der Waals surface area contributed by atoms with E-state index in [9.17, 15) is 8.78 Å². The van der Waals surface area contributed by atoms with Crippen molar-refractivity contribution in [3.05, 3.63) is 18.2 Å². The Morgan fingerprint density at radius 3 is 2.71 bits per heavy atom. The largest absolute Gasteiger partial charge is 0.491 e. The highest BCUT2D eigenvalue weighted by molar-refractivity contribution is 5.73. The predicted octanol–water partition coefficient (Wildman–Crippen LogP) is 2.76. The molecule has 0 atom stereocenters. The highest BCUT2D eigenvalue weighted by atomic mass is 19.3. The molecule has 5 heteroatoms. The standard InChI is InChI=1S/C12H18F2N2O/c1-3-7-17-10-6-4-5-9(12(10)15)16(2)8-11(13)14/h4-6,11H,3,7-8,15H2,1-2H3. The van der Waals surface area contributed by atoms with E-state index >= 15 is 0 Å². The average molecular weight is 244 g/mol. The Morgan fingerprint density at radius 1 is 1.41 bits per heavy atom. The number of halogens is 2. The van der Waals surface area contributed by atoms with Crippen LogP contribution >= 0.6 is 0 Å². The van der Waals surface area contributed by atoms with Crippen molar-refractivity contribution in [2.45, 2.75) is 19.8 Å². The maximum atomic E-state index is 12.3. The Balaban J connectivity index is 2.85. The Bertz CT molecular complexity index is 358. The number of anilines is 2. The summed E-state index contributed by atoms with van der Waals surface area (Å²) in [4.78, 5) is 1.43. The minimum Gasteiger partial charge on any atom is -0.491 e. The van der Waals surface area contributed by atoms with E-state index in [-0.39, 0.29) is 6.54 Å². The summed E-state index contributed by atoms with van der Waals surface area (Å²) in [5, 5.41) is 0. The van der Waals surface area contributed by atoms with Gasteiger partial charge in [-0.3, -0.25) is 0 Å².